The number of nitrogens with zero attached hydrogens (tertiary/aromatic N) is 4. The Morgan fingerprint density at radius 1 is 1.16 bits per heavy atom. The average molecular weight is 443 g/mol. The van der Waals surface area contributed by atoms with Crippen LogP contribution in [0.5, 0.6) is 0 Å². The van der Waals surface area contributed by atoms with Crippen molar-refractivity contribution >= 4 is 52.2 Å². The third-order valence-corrected chi connectivity index (χ3v) is 5.27. The van der Waals surface area contributed by atoms with Crippen molar-refractivity contribution in [2.45, 2.75) is 13.0 Å². The lowest BCUT2D eigenvalue weighted by Crippen LogP contribution is -2.39. The standard InChI is InChI=1S/C20H15ClN4O6/c1-2-31-20(28)16-15-17(24(22-16)11-7-9-12(10-8-11)25(29)30)19(27)23(18(15)26)14-6-4-3-5-13(14)21/h3-10,15,17H,2H2,1H3/t15-,17+/m0/s1. The topological polar surface area (TPSA) is 122 Å². The maximum atomic E-state index is 13.3. The zero-order valence-corrected chi connectivity index (χ0v) is 16.9. The SMILES string of the molecule is CCOC(=O)C1=NN(c2ccc([N+](=O)[O-])cc2)[C@H]2C(=O)N(c3ccccc3Cl)C(=O)[C@@H]12. The van der Waals surface area contributed by atoms with Crippen molar-refractivity contribution < 1.29 is 24.0 Å². The Morgan fingerprint density at radius 2 is 1.84 bits per heavy atom. The van der Waals surface area contributed by atoms with Gasteiger partial charge in [-0.3, -0.25) is 24.7 Å². The number of fused-ring (bicyclic) bond motifs is 1. The summed E-state index contributed by atoms with van der Waals surface area (Å²) >= 11 is 6.20. The summed E-state index contributed by atoms with van der Waals surface area (Å²) in [6.45, 7) is 1.67. The lowest BCUT2D eigenvalue weighted by molar-refractivity contribution is -0.384. The normalized spacial score (nSPS) is 20.0. The second-order valence-corrected chi connectivity index (χ2v) is 7.12. The molecule has 31 heavy (non-hydrogen) atoms. The summed E-state index contributed by atoms with van der Waals surface area (Å²) in [7, 11) is 0. The second kappa shape index (κ2) is 7.80. The number of ether oxygens (including phenoxy) is 1. The lowest BCUT2D eigenvalue weighted by atomic mass is 9.97. The van der Waals surface area contributed by atoms with Gasteiger partial charge < -0.3 is 4.74 Å². The monoisotopic (exact) mass is 442 g/mol. The number of hydrogen-bond acceptors (Lipinski definition) is 8. The number of hydrazone groups is 1. The first-order valence-corrected chi connectivity index (χ1v) is 9.64. The molecule has 10 nitrogen and oxygen atoms in total. The molecule has 2 heterocycles. The Hall–Kier alpha value is -3.79. The first kappa shape index (κ1) is 20.5. The van der Waals surface area contributed by atoms with Crippen molar-refractivity contribution in [3.05, 3.63) is 63.7 Å². The van der Waals surface area contributed by atoms with Gasteiger partial charge in [-0.15, -0.1) is 0 Å². The van der Waals surface area contributed by atoms with Crippen molar-refractivity contribution in [3.8, 4) is 0 Å². The zero-order chi connectivity index (χ0) is 22.3. The molecule has 0 saturated carbocycles. The Kier molecular flexibility index (Phi) is 5.15. The van der Waals surface area contributed by atoms with Crippen LogP contribution in [0, 0.1) is 16.0 Å². The lowest BCUT2D eigenvalue weighted by Gasteiger charge is -2.22. The van der Waals surface area contributed by atoms with Gasteiger partial charge >= 0.3 is 5.97 Å². The molecule has 2 atom stereocenters. The molecule has 2 aromatic rings. The van der Waals surface area contributed by atoms with Crippen LogP contribution < -0.4 is 9.91 Å². The zero-order valence-electron chi connectivity index (χ0n) is 16.1. The van der Waals surface area contributed by atoms with Crippen LogP contribution in [0.4, 0.5) is 17.1 Å². The smallest absolute Gasteiger partial charge is 0.355 e. The van der Waals surface area contributed by atoms with Crippen molar-refractivity contribution in [2.75, 3.05) is 16.5 Å². The molecule has 0 bridgehead atoms. The van der Waals surface area contributed by atoms with Gasteiger partial charge in [0, 0.05) is 12.1 Å². The van der Waals surface area contributed by atoms with Crippen LogP contribution in [0.2, 0.25) is 5.02 Å². The number of carbonyl (C=O) groups is 3. The number of carbonyl (C=O) groups excluding carboxylic acids is 3. The maximum absolute atomic E-state index is 13.3. The van der Waals surface area contributed by atoms with E-state index in [9.17, 15) is 24.5 Å². The van der Waals surface area contributed by atoms with Gasteiger partial charge in [-0.1, -0.05) is 23.7 Å². The Morgan fingerprint density at radius 3 is 2.45 bits per heavy atom. The summed E-state index contributed by atoms with van der Waals surface area (Å²) in [6.07, 6.45) is 0. The van der Waals surface area contributed by atoms with Crippen LogP contribution >= 0.6 is 11.6 Å². The fourth-order valence-electron chi connectivity index (χ4n) is 3.60. The molecule has 11 heteroatoms. The van der Waals surface area contributed by atoms with Crippen molar-refractivity contribution in [1.29, 1.82) is 0 Å². The van der Waals surface area contributed by atoms with Gasteiger partial charge in [0.2, 0.25) is 5.91 Å². The number of halogens is 1. The summed E-state index contributed by atoms with van der Waals surface area (Å²) in [6, 6.07) is 10.5. The Bertz CT molecular complexity index is 1130. The average Bonchev–Trinajstić information content (AvgIpc) is 3.26. The number of amides is 2. The van der Waals surface area contributed by atoms with Gasteiger partial charge in [-0.25, -0.2) is 9.69 Å². The largest absolute Gasteiger partial charge is 0.461 e. The van der Waals surface area contributed by atoms with E-state index in [1.807, 2.05) is 0 Å². The maximum Gasteiger partial charge on any atom is 0.355 e. The Balaban J connectivity index is 1.79. The van der Waals surface area contributed by atoms with E-state index in [2.05, 4.69) is 5.10 Å². The number of hydrogen-bond donors (Lipinski definition) is 0. The van der Waals surface area contributed by atoms with E-state index in [1.54, 1.807) is 25.1 Å². The van der Waals surface area contributed by atoms with Crippen LogP contribution in [0.25, 0.3) is 0 Å². The van der Waals surface area contributed by atoms with Crippen molar-refractivity contribution in [3.63, 3.8) is 0 Å². The minimum absolute atomic E-state index is 0.0587. The number of rotatable bonds is 5. The summed E-state index contributed by atoms with van der Waals surface area (Å²) in [4.78, 5) is 50.3. The van der Waals surface area contributed by atoms with Gasteiger partial charge in [0.1, 0.15) is 12.0 Å². The minimum atomic E-state index is -1.20. The molecule has 1 saturated heterocycles. The molecular formula is C20H15ClN4O6. The molecule has 0 spiro atoms. The molecule has 158 valence electrons. The fourth-order valence-corrected chi connectivity index (χ4v) is 3.82. The minimum Gasteiger partial charge on any atom is -0.461 e. The van der Waals surface area contributed by atoms with E-state index < -0.39 is 34.7 Å². The first-order chi connectivity index (χ1) is 14.8. The van der Waals surface area contributed by atoms with Gasteiger partial charge in [0.25, 0.3) is 11.6 Å². The molecule has 2 amide bonds. The van der Waals surface area contributed by atoms with Crippen LogP contribution in [-0.4, -0.2) is 41.1 Å². The predicted octanol–water partition coefficient (Wildman–Crippen LogP) is 2.55. The highest BCUT2D eigenvalue weighted by atomic mass is 35.5. The molecule has 2 aliphatic rings. The molecule has 2 aliphatic heterocycles. The summed E-state index contributed by atoms with van der Waals surface area (Å²) in [5.41, 5.74) is 0.140. The number of nitro benzene ring substituents is 1. The predicted molar refractivity (Wildman–Crippen MR) is 111 cm³/mol. The number of esters is 1. The number of nitro groups is 1. The molecule has 0 radical (unpaired) electrons. The van der Waals surface area contributed by atoms with E-state index in [-0.39, 0.29) is 28.7 Å². The highest BCUT2D eigenvalue weighted by Gasteiger charge is 2.59. The number of imide groups is 1. The summed E-state index contributed by atoms with van der Waals surface area (Å²) in [5, 5.41) is 16.5. The molecule has 0 unspecified atom stereocenters. The van der Waals surface area contributed by atoms with Crippen LogP contribution in [0.1, 0.15) is 6.92 Å². The number of non-ortho nitro benzene ring substituents is 1. The van der Waals surface area contributed by atoms with E-state index in [0.29, 0.717) is 5.69 Å². The van der Waals surface area contributed by atoms with E-state index in [4.69, 9.17) is 16.3 Å². The number of para-hydroxylation sites is 1. The number of benzene rings is 2. The summed E-state index contributed by atoms with van der Waals surface area (Å²) < 4.78 is 5.02. The van der Waals surface area contributed by atoms with Gasteiger partial charge in [-0.05, 0) is 31.2 Å². The highest BCUT2D eigenvalue weighted by Crippen LogP contribution is 2.40. The molecule has 0 aliphatic carbocycles. The van der Waals surface area contributed by atoms with E-state index in [1.165, 1.54) is 35.3 Å². The third kappa shape index (κ3) is 3.30. The van der Waals surface area contributed by atoms with Crippen LogP contribution in [-0.2, 0) is 19.1 Å². The third-order valence-electron chi connectivity index (χ3n) is 4.95. The molecular weight excluding hydrogens is 428 g/mol. The van der Waals surface area contributed by atoms with Crippen LogP contribution in [0.3, 0.4) is 0 Å². The molecule has 0 aromatic heterocycles. The molecule has 1 fully saturated rings. The first-order valence-electron chi connectivity index (χ1n) is 9.26. The van der Waals surface area contributed by atoms with E-state index >= 15 is 0 Å². The van der Waals surface area contributed by atoms with Crippen LogP contribution in [0.15, 0.2) is 53.6 Å². The van der Waals surface area contributed by atoms with Crippen molar-refractivity contribution in [2.24, 2.45) is 11.0 Å². The molecule has 0 N–H and O–H groups in total. The number of anilines is 2. The molecule has 4 rings (SSSR count). The highest BCUT2D eigenvalue weighted by molar-refractivity contribution is 6.48. The van der Waals surface area contributed by atoms with E-state index in [0.717, 1.165) is 4.90 Å². The van der Waals surface area contributed by atoms with Gasteiger partial charge in [0.05, 0.1) is 27.9 Å². The summed E-state index contributed by atoms with van der Waals surface area (Å²) in [5.74, 6) is -3.29. The van der Waals surface area contributed by atoms with Crippen molar-refractivity contribution in [1.82, 2.24) is 0 Å². The van der Waals surface area contributed by atoms with Gasteiger partial charge in [0.15, 0.2) is 5.71 Å². The quantitative estimate of drug-likeness (QED) is 0.302. The fraction of sp³-hybridized carbons (Fsp3) is 0.200. The second-order valence-electron chi connectivity index (χ2n) is 6.71. The Labute approximate surface area is 180 Å². The molecule has 2 aromatic carbocycles. The van der Waals surface area contributed by atoms with Gasteiger partial charge in [-0.2, -0.15) is 5.10 Å².